The maximum atomic E-state index is 13.1. The summed E-state index contributed by atoms with van der Waals surface area (Å²) in [6, 6.07) is 74.4. The normalized spacial score (nSPS) is 11.3. The zero-order chi connectivity index (χ0) is 41.9. The molecule has 0 bridgehead atoms. The molecule has 2 amide bonds. The number of hydrogen-bond acceptors (Lipinski definition) is 6. The molecule has 8 rings (SSSR count). The number of hydrogen-bond donors (Lipinski definition) is 6. The van der Waals surface area contributed by atoms with Crippen molar-refractivity contribution in [2.24, 2.45) is 0 Å². The minimum Gasteiger partial charge on any atom is -0.320 e. The molecule has 0 saturated heterocycles. The first-order chi connectivity index (χ1) is 29.9. The summed E-state index contributed by atoms with van der Waals surface area (Å²) in [5.74, 6) is -1.57. The third-order valence-corrected chi connectivity index (χ3v) is 10.8. The van der Waals surface area contributed by atoms with Crippen LogP contribution < -0.4 is 32.3 Å². The largest absolute Gasteiger partial charge is 0.320 e. The monoisotopic (exact) mass is 798 g/mol. The summed E-state index contributed by atoms with van der Waals surface area (Å²) in [5, 5.41) is 5.44. The van der Waals surface area contributed by atoms with Gasteiger partial charge in [-0.05, 0) is 88.8 Å². The first-order valence-corrected chi connectivity index (χ1v) is 20.2. The van der Waals surface area contributed by atoms with Crippen LogP contribution in [0.2, 0.25) is 0 Å². The van der Waals surface area contributed by atoms with Crippen molar-refractivity contribution in [2.75, 3.05) is 21.5 Å². The van der Waals surface area contributed by atoms with Crippen LogP contribution in [0.5, 0.6) is 0 Å². The van der Waals surface area contributed by atoms with Gasteiger partial charge in [-0.25, -0.2) is 10.9 Å². The van der Waals surface area contributed by atoms with Crippen LogP contribution in [0.25, 0.3) is 0 Å². The van der Waals surface area contributed by atoms with Gasteiger partial charge in [0.05, 0.1) is 0 Å². The molecule has 0 radical (unpaired) electrons. The van der Waals surface area contributed by atoms with Crippen molar-refractivity contribution in [2.45, 2.75) is 18.0 Å². The van der Waals surface area contributed by atoms with Crippen molar-refractivity contribution in [3.8, 4) is 0 Å². The molecular formula is C53H46N6O2. The van der Waals surface area contributed by atoms with Gasteiger partial charge in [0.25, 0.3) is 0 Å². The Labute approximate surface area is 356 Å². The highest BCUT2D eigenvalue weighted by molar-refractivity contribution is 6.43. The van der Waals surface area contributed by atoms with E-state index in [1.807, 2.05) is 115 Å². The third-order valence-electron chi connectivity index (χ3n) is 10.8. The lowest BCUT2D eigenvalue weighted by molar-refractivity contribution is -0.132. The predicted molar refractivity (Wildman–Crippen MR) is 247 cm³/mol. The molecule has 0 heterocycles. The summed E-state index contributed by atoms with van der Waals surface area (Å²) >= 11 is 0. The molecule has 0 aliphatic heterocycles. The van der Waals surface area contributed by atoms with E-state index in [-0.39, 0.29) is 0 Å². The Hall–Kier alpha value is -7.78. The van der Waals surface area contributed by atoms with Gasteiger partial charge in [0, 0.05) is 22.7 Å². The van der Waals surface area contributed by atoms with Gasteiger partial charge in [-0.2, -0.15) is 0 Å². The fourth-order valence-electron chi connectivity index (χ4n) is 7.73. The number of anilines is 4. The van der Waals surface area contributed by atoms with Gasteiger partial charge >= 0.3 is 11.8 Å². The topological polar surface area (TPSA) is 106 Å². The predicted octanol–water partition coefficient (Wildman–Crippen LogP) is 10.4. The first kappa shape index (κ1) is 40.0. The zero-order valence-electron chi connectivity index (χ0n) is 33.7. The minimum atomic E-state index is -0.785. The first-order valence-electron chi connectivity index (χ1n) is 20.2. The molecule has 8 aromatic rings. The molecule has 0 atom stereocenters. The van der Waals surface area contributed by atoms with Crippen LogP contribution in [-0.4, -0.2) is 11.8 Å². The van der Waals surface area contributed by atoms with Crippen LogP contribution in [0.4, 0.5) is 22.7 Å². The van der Waals surface area contributed by atoms with E-state index in [9.17, 15) is 9.59 Å². The van der Waals surface area contributed by atoms with E-state index in [0.29, 0.717) is 11.4 Å². The summed E-state index contributed by atoms with van der Waals surface area (Å²) in [5.41, 5.74) is 22.7. The SMILES string of the molecule is Cc1cccc(C(NNc2ccc(NC(=O)C(=O)Nc3ccc(NNC(c4ccccc4)(c4ccccc4)c4ccccc4)cc3)cc2)(c2ccccc2)c2ccccc2)c1. The summed E-state index contributed by atoms with van der Waals surface area (Å²) in [4.78, 5) is 26.1. The highest BCUT2D eigenvalue weighted by atomic mass is 16.2. The van der Waals surface area contributed by atoms with Crippen molar-refractivity contribution in [3.05, 3.63) is 263 Å². The molecule has 0 saturated carbocycles. The molecule has 6 N–H and O–H groups in total. The van der Waals surface area contributed by atoms with E-state index < -0.39 is 22.9 Å². The molecular weight excluding hydrogens is 753 g/mol. The number of benzene rings is 8. The van der Waals surface area contributed by atoms with Crippen LogP contribution in [0.3, 0.4) is 0 Å². The van der Waals surface area contributed by atoms with E-state index in [2.05, 4.69) is 124 Å². The second kappa shape index (κ2) is 18.4. The standard InChI is InChI=1S/C53H46N6O2/c1-39-18-17-29-45(38-39)53(43-25-13-5-14-26-43,44-27-15-6-16-28-44)59-57-49-36-32-47(33-37-49)55-51(61)50(60)54-46-30-34-48(35-31-46)56-58-52(40-19-7-2-8-20-40,41-21-9-3-10-22-41)42-23-11-4-12-24-42/h2-38,56-59H,1H3,(H,54,60)(H,55,61). The van der Waals surface area contributed by atoms with Gasteiger partial charge in [-0.3, -0.25) is 9.59 Å². The molecule has 0 aliphatic rings. The number of aryl methyl sites for hydroxylation is 1. The maximum absolute atomic E-state index is 13.1. The Bertz CT molecular complexity index is 2530. The summed E-state index contributed by atoms with van der Waals surface area (Å²) in [7, 11) is 0. The molecule has 0 fully saturated rings. The summed E-state index contributed by atoms with van der Waals surface area (Å²) in [6.07, 6.45) is 0. The van der Waals surface area contributed by atoms with E-state index in [0.717, 1.165) is 50.3 Å². The smallest absolute Gasteiger partial charge is 0.314 e. The molecule has 0 spiro atoms. The Balaban J connectivity index is 0.926. The summed E-state index contributed by atoms with van der Waals surface area (Å²) in [6.45, 7) is 2.09. The highest BCUT2D eigenvalue weighted by Gasteiger charge is 2.37. The lowest BCUT2D eigenvalue weighted by Gasteiger charge is -2.37. The Morgan fingerprint density at radius 3 is 0.918 bits per heavy atom. The third kappa shape index (κ3) is 8.82. The Morgan fingerprint density at radius 2 is 0.607 bits per heavy atom. The van der Waals surface area contributed by atoms with E-state index in [1.54, 1.807) is 24.3 Å². The molecule has 8 nitrogen and oxygen atoms in total. The highest BCUT2D eigenvalue weighted by Crippen LogP contribution is 2.38. The lowest BCUT2D eigenvalue weighted by Crippen LogP contribution is -2.47. The lowest BCUT2D eigenvalue weighted by atomic mass is 9.77. The van der Waals surface area contributed by atoms with Gasteiger partial charge in [0.15, 0.2) is 0 Å². The van der Waals surface area contributed by atoms with E-state index in [1.165, 1.54) is 0 Å². The van der Waals surface area contributed by atoms with Crippen LogP contribution in [0.15, 0.2) is 224 Å². The van der Waals surface area contributed by atoms with Crippen molar-refractivity contribution in [3.63, 3.8) is 0 Å². The Morgan fingerprint density at radius 1 is 0.328 bits per heavy atom. The maximum Gasteiger partial charge on any atom is 0.314 e. The molecule has 300 valence electrons. The number of amides is 2. The van der Waals surface area contributed by atoms with Crippen LogP contribution in [0, 0.1) is 6.92 Å². The number of carbonyl (C=O) groups is 2. The van der Waals surface area contributed by atoms with E-state index in [4.69, 9.17) is 0 Å². The van der Waals surface area contributed by atoms with Gasteiger partial charge in [-0.15, -0.1) is 0 Å². The quantitative estimate of drug-likeness (QED) is 0.0372. The van der Waals surface area contributed by atoms with E-state index >= 15 is 0 Å². The number of hydrazine groups is 2. The van der Waals surface area contributed by atoms with Gasteiger partial charge < -0.3 is 21.5 Å². The van der Waals surface area contributed by atoms with Gasteiger partial charge in [0.2, 0.25) is 0 Å². The van der Waals surface area contributed by atoms with Crippen molar-refractivity contribution >= 4 is 34.6 Å². The molecule has 0 unspecified atom stereocenters. The van der Waals surface area contributed by atoms with Crippen LogP contribution >= 0.6 is 0 Å². The van der Waals surface area contributed by atoms with Crippen molar-refractivity contribution in [1.29, 1.82) is 0 Å². The average molecular weight is 799 g/mol. The van der Waals surface area contributed by atoms with Gasteiger partial charge in [0.1, 0.15) is 11.1 Å². The average Bonchev–Trinajstić information content (AvgIpc) is 3.32. The number of carbonyl (C=O) groups excluding carboxylic acids is 2. The zero-order valence-corrected chi connectivity index (χ0v) is 33.7. The molecule has 0 aliphatic carbocycles. The molecule has 8 aromatic carbocycles. The number of nitrogens with one attached hydrogen (secondary N) is 6. The molecule has 8 heteroatoms. The van der Waals surface area contributed by atoms with Gasteiger partial charge in [-0.1, -0.05) is 181 Å². The van der Waals surface area contributed by atoms with Crippen LogP contribution in [-0.2, 0) is 20.7 Å². The fraction of sp³-hybridized carbons (Fsp3) is 0.0566. The fourth-order valence-corrected chi connectivity index (χ4v) is 7.73. The second-order valence-corrected chi connectivity index (χ2v) is 14.8. The Kier molecular flexibility index (Phi) is 12.1. The number of rotatable bonds is 14. The molecule has 0 aromatic heterocycles. The second-order valence-electron chi connectivity index (χ2n) is 14.8. The van der Waals surface area contributed by atoms with Crippen molar-refractivity contribution < 1.29 is 9.59 Å². The van der Waals surface area contributed by atoms with Crippen LogP contribution in [0.1, 0.15) is 38.9 Å². The van der Waals surface area contributed by atoms with Crippen molar-refractivity contribution in [1.82, 2.24) is 10.9 Å². The minimum absolute atomic E-state index is 0.477. The summed E-state index contributed by atoms with van der Waals surface area (Å²) < 4.78 is 0. The molecule has 61 heavy (non-hydrogen) atoms.